The Labute approximate surface area is 71.3 Å². The molecule has 0 fully saturated rings. The number of rotatable bonds is 0. The third kappa shape index (κ3) is 1.54. The van der Waals surface area contributed by atoms with Crippen LogP contribution in [0.3, 0.4) is 0 Å². The Balaban J connectivity index is 0.000000605. The van der Waals surface area contributed by atoms with Gasteiger partial charge in [0.15, 0.2) is 0 Å². The lowest BCUT2D eigenvalue weighted by Gasteiger charge is -2.14. The van der Waals surface area contributed by atoms with Crippen LogP contribution in [0.5, 0.6) is 0 Å². The van der Waals surface area contributed by atoms with Crippen molar-refractivity contribution >= 4 is 12.4 Å². The number of aryl methyl sites for hydroxylation is 1. The summed E-state index contributed by atoms with van der Waals surface area (Å²) in [4.78, 5) is 0. The van der Waals surface area contributed by atoms with Crippen molar-refractivity contribution in [3.05, 3.63) is 17.5 Å². The van der Waals surface area contributed by atoms with Gasteiger partial charge in [-0.15, -0.1) is 12.4 Å². The van der Waals surface area contributed by atoms with Crippen LogP contribution < -0.4 is 5.73 Å². The largest absolute Gasteiger partial charge is 0.361 e. The molecule has 1 atom stereocenters. The van der Waals surface area contributed by atoms with Crippen LogP contribution in [0.1, 0.15) is 17.7 Å². The number of hydrogen-bond donors (Lipinski definition) is 1. The third-order valence-corrected chi connectivity index (χ3v) is 1.95. The summed E-state index contributed by atoms with van der Waals surface area (Å²) in [5.41, 5.74) is 6.93. The van der Waals surface area contributed by atoms with Gasteiger partial charge in [-0.05, 0) is 12.8 Å². The molecule has 0 aliphatic heterocycles. The van der Waals surface area contributed by atoms with E-state index in [1.165, 1.54) is 5.56 Å². The van der Waals surface area contributed by atoms with Gasteiger partial charge in [0.05, 0.1) is 6.20 Å². The Bertz CT molecular complexity index is 236. The summed E-state index contributed by atoms with van der Waals surface area (Å²) in [6, 6.07) is 0.312. The van der Waals surface area contributed by atoms with Crippen LogP contribution in [0.4, 0.5) is 0 Å². The van der Waals surface area contributed by atoms with Crippen molar-refractivity contribution in [2.24, 2.45) is 5.73 Å². The highest BCUT2D eigenvalue weighted by Gasteiger charge is 2.18. The van der Waals surface area contributed by atoms with Crippen molar-refractivity contribution in [1.29, 1.82) is 0 Å². The van der Waals surface area contributed by atoms with E-state index in [9.17, 15) is 0 Å². The Morgan fingerprint density at radius 2 is 2.45 bits per heavy atom. The van der Waals surface area contributed by atoms with Crippen molar-refractivity contribution in [3.63, 3.8) is 0 Å². The summed E-state index contributed by atoms with van der Waals surface area (Å²) >= 11 is 0. The highest BCUT2D eigenvalue weighted by atomic mass is 35.5. The molecule has 3 nitrogen and oxygen atoms in total. The lowest BCUT2D eigenvalue weighted by molar-refractivity contribution is 0.366. The van der Waals surface area contributed by atoms with E-state index in [2.05, 4.69) is 5.16 Å². The fraction of sp³-hybridized carbons (Fsp3) is 0.571. The topological polar surface area (TPSA) is 52.0 Å². The summed E-state index contributed by atoms with van der Waals surface area (Å²) in [6.45, 7) is 0. The second kappa shape index (κ2) is 3.24. The molecule has 0 amide bonds. The first-order chi connectivity index (χ1) is 4.86. The van der Waals surface area contributed by atoms with E-state index in [0.29, 0.717) is 6.04 Å². The van der Waals surface area contributed by atoms with Gasteiger partial charge in [0.25, 0.3) is 0 Å². The summed E-state index contributed by atoms with van der Waals surface area (Å²) in [5.74, 6) is 1.03. The fourth-order valence-electron chi connectivity index (χ4n) is 1.36. The van der Waals surface area contributed by atoms with Gasteiger partial charge in [0.2, 0.25) is 0 Å². The zero-order chi connectivity index (χ0) is 6.97. The maximum atomic E-state index is 5.74. The van der Waals surface area contributed by atoms with Gasteiger partial charge in [-0.25, -0.2) is 0 Å². The standard InChI is InChI=1S/C7H10N2O.ClH/c8-6-1-2-7-5(3-6)4-9-10-7;/h4,6H,1-3,8H2;1H. The Morgan fingerprint density at radius 3 is 3.27 bits per heavy atom. The molecule has 62 valence electrons. The molecule has 2 N–H and O–H groups in total. The van der Waals surface area contributed by atoms with Crippen LogP contribution in [-0.2, 0) is 12.8 Å². The van der Waals surface area contributed by atoms with E-state index in [4.69, 9.17) is 10.3 Å². The van der Waals surface area contributed by atoms with Crippen molar-refractivity contribution in [3.8, 4) is 0 Å². The molecule has 0 spiro atoms. The highest BCUT2D eigenvalue weighted by Crippen LogP contribution is 2.19. The molecule has 11 heavy (non-hydrogen) atoms. The summed E-state index contributed by atoms with van der Waals surface area (Å²) < 4.78 is 5.00. The monoisotopic (exact) mass is 174 g/mol. The third-order valence-electron chi connectivity index (χ3n) is 1.95. The number of nitrogens with zero attached hydrogens (tertiary/aromatic N) is 1. The fourth-order valence-corrected chi connectivity index (χ4v) is 1.36. The van der Waals surface area contributed by atoms with Crippen molar-refractivity contribution < 1.29 is 4.52 Å². The molecule has 0 saturated carbocycles. The van der Waals surface area contributed by atoms with Gasteiger partial charge in [-0.3, -0.25) is 0 Å². The minimum atomic E-state index is 0. The average molecular weight is 175 g/mol. The van der Waals surface area contributed by atoms with E-state index in [1.54, 1.807) is 6.20 Å². The molecule has 0 bridgehead atoms. The molecule has 1 aliphatic carbocycles. The van der Waals surface area contributed by atoms with Crippen LogP contribution in [0, 0.1) is 0 Å². The van der Waals surface area contributed by atoms with Crippen LogP contribution in [0.25, 0.3) is 0 Å². The SMILES string of the molecule is Cl.NC1CCc2oncc2C1. The van der Waals surface area contributed by atoms with E-state index in [-0.39, 0.29) is 12.4 Å². The van der Waals surface area contributed by atoms with Gasteiger partial charge in [-0.1, -0.05) is 5.16 Å². The number of halogens is 1. The lowest BCUT2D eigenvalue weighted by Crippen LogP contribution is -2.26. The summed E-state index contributed by atoms with van der Waals surface area (Å²) in [5, 5.41) is 3.71. The molecule has 4 heteroatoms. The van der Waals surface area contributed by atoms with Gasteiger partial charge in [0, 0.05) is 18.0 Å². The molecular weight excluding hydrogens is 164 g/mol. The minimum Gasteiger partial charge on any atom is -0.361 e. The molecule has 1 unspecified atom stereocenters. The van der Waals surface area contributed by atoms with E-state index in [1.807, 2.05) is 0 Å². The average Bonchev–Trinajstić information content (AvgIpc) is 2.33. The van der Waals surface area contributed by atoms with Crippen molar-refractivity contribution in [1.82, 2.24) is 5.16 Å². The number of hydrogen-bond acceptors (Lipinski definition) is 3. The number of nitrogens with two attached hydrogens (primary N) is 1. The van der Waals surface area contributed by atoms with Crippen molar-refractivity contribution in [2.45, 2.75) is 25.3 Å². The maximum Gasteiger partial charge on any atom is 0.140 e. The molecule has 0 radical (unpaired) electrons. The van der Waals surface area contributed by atoms with E-state index < -0.39 is 0 Å². The van der Waals surface area contributed by atoms with Crippen LogP contribution in [0.15, 0.2) is 10.7 Å². The quantitative estimate of drug-likeness (QED) is 0.636. The Hall–Kier alpha value is -0.540. The molecule has 2 rings (SSSR count). The first kappa shape index (κ1) is 8.56. The maximum absolute atomic E-state index is 5.74. The van der Waals surface area contributed by atoms with E-state index in [0.717, 1.165) is 25.0 Å². The second-order valence-electron chi connectivity index (χ2n) is 2.78. The van der Waals surface area contributed by atoms with Crippen LogP contribution >= 0.6 is 12.4 Å². The highest BCUT2D eigenvalue weighted by molar-refractivity contribution is 5.85. The summed E-state index contributed by atoms with van der Waals surface area (Å²) in [6.07, 6.45) is 4.69. The van der Waals surface area contributed by atoms with E-state index >= 15 is 0 Å². The molecule has 0 aromatic carbocycles. The first-order valence-electron chi connectivity index (χ1n) is 3.54. The second-order valence-corrected chi connectivity index (χ2v) is 2.78. The number of aromatic nitrogens is 1. The van der Waals surface area contributed by atoms with Crippen molar-refractivity contribution in [2.75, 3.05) is 0 Å². The zero-order valence-corrected chi connectivity index (χ0v) is 6.93. The van der Waals surface area contributed by atoms with Crippen LogP contribution in [0.2, 0.25) is 0 Å². The lowest BCUT2D eigenvalue weighted by atomic mass is 9.95. The molecule has 0 saturated heterocycles. The van der Waals surface area contributed by atoms with Gasteiger partial charge in [-0.2, -0.15) is 0 Å². The smallest absolute Gasteiger partial charge is 0.140 e. The first-order valence-corrected chi connectivity index (χ1v) is 3.54. The molecular formula is C7H11ClN2O. The van der Waals surface area contributed by atoms with Gasteiger partial charge >= 0.3 is 0 Å². The predicted octanol–water partition coefficient (Wildman–Crippen LogP) is 0.912. The summed E-state index contributed by atoms with van der Waals surface area (Å²) in [7, 11) is 0. The molecule has 1 aliphatic rings. The molecule has 1 heterocycles. The predicted molar refractivity (Wildman–Crippen MR) is 43.8 cm³/mol. The molecule has 1 aromatic rings. The molecule has 1 aromatic heterocycles. The number of fused-ring (bicyclic) bond motifs is 1. The van der Waals surface area contributed by atoms with Gasteiger partial charge < -0.3 is 10.3 Å². The normalized spacial score (nSPS) is 22.1. The minimum absolute atomic E-state index is 0. The van der Waals surface area contributed by atoms with Gasteiger partial charge in [0.1, 0.15) is 5.76 Å². The Kier molecular flexibility index (Phi) is 2.52. The Morgan fingerprint density at radius 1 is 1.64 bits per heavy atom. The van der Waals surface area contributed by atoms with Crippen LogP contribution in [-0.4, -0.2) is 11.2 Å². The zero-order valence-electron chi connectivity index (χ0n) is 6.12.